The van der Waals surface area contributed by atoms with Crippen LogP contribution < -0.4 is 11.1 Å². The van der Waals surface area contributed by atoms with Crippen LogP contribution in [0.2, 0.25) is 0 Å². The molecule has 0 unspecified atom stereocenters. The van der Waals surface area contributed by atoms with E-state index in [0.717, 1.165) is 12.3 Å². The van der Waals surface area contributed by atoms with Crippen molar-refractivity contribution in [2.75, 3.05) is 6.54 Å². The van der Waals surface area contributed by atoms with Crippen LogP contribution in [0.4, 0.5) is 0 Å². The molecule has 0 aromatic carbocycles. The van der Waals surface area contributed by atoms with E-state index in [4.69, 9.17) is 5.73 Å². The first-order chi connectivity index (χ1) is 7.47. The lowest BCUT2D eigenvalue weighted by molar-refractivity contribution is -0.121. The zero-order valence-corrected chi connectivity index (χ0v) is 10.7. The predicted molar refractivity (Wildman–Crippen MR) is 67.1 cm³/mol. The van der Waals surface area contributed by atoms with Gasteiger partial charge in [-0.25, -0.2) is 0 Å². The third kappa shape index (κ3) is 6.11. The second kappa shape index (κ2) is 6.24. The van der Waals surface area contributed by atoms with Crippen LogP contribution in [0.5, 0.6) is 0 Å². The van der Waals surface area contributed by atoms with E-state index in [2.05, 4.69) is 5.32 Å². The molecule has 1 rings (SSSR count). The van der Waals surface area contributed by atoms with Gasteiger partial charge in [-0.05, 0) is 32.6 Å². The van der Waals surface area contributed by atoms with E-state index < -0.39 is 0 Å². The summed E-state index contributed by atoms with van der Waals surface area (Å²) in [4.78, 5) is 11.5. The fourth-order valence-corrected chi connectivity index (χ4v) is 2.27. The van der Waals surface area contributed by atoms with Gasteiger partial charge < -0.3 is 11.1 Å². The van der Waals surface area contributed by atoms with Gasteiger partial charge in [-0.3, -0.25) is 4.79 Å². The molecule has 94 valence electrons. The molecule has 1 amide bonds. The quantitative estimate of drug-likeness (QED) is 0.729. The van der Waals surface area contributed by atoms with E-state index in [1.807, 2.05) is 13.8 Å². The number of nitrogens with one attached hydrogen (secondary N) is 1. The Balaban J connectivity index is 2.01. The number of amides is 1. The Morgan fingerprint density at radius 3 is 2.56 bits per heavy atom. The van der Waals surface area contributed by atoms with Crippen LogP contribution in [-0.4, -0.2) is 18.0 Å². The lowest BCUT2D eigenvalue weighted by Crippen LogP contribution is -2.45. The van der Waals surface area contributed by atoms with Gasteiger partial charge in [0.05, 0.1) is 0 Å². The first kappa shape index (κ1) is 13.5. The molecule has 1 aliphatic rings. The molecule has 0 spiro atoms. The summed E-state index contributed by atoms with van der Waals surface area (Å²) < 4.78 is 0. The van der Waals surface area contributed by atoms with Crippen LogP contribution in [0.1, 0.15) is 58.8 Å². The first-order valence-corrected chi connectivity index (χ1v) is 6.53. The van der Waals surface area contributed by atoms with E-state index in [0.29, 0.717) is 13.0 Å². The summed E-state index contributed by atoms with van der Waals surface area (Å²) in [6.07, 6.45) is 8.43. The van der Waals surface area contributed by atoms with Crippen molar-refractivity contribution in [3.05, 3.63) is 0 Å². The van der Waals surface area contributed by atoms with Crippen molar-refractivity contribution in [1.29, 1.82) is 0 Å². The van der Waals surface area contributed by atoms with Gasteiger partial charge in [0, 0.05) is 18.5 Å². The second-order valence-corrected chi connectivity index (χ2v) is 5.81. The van der Waals surface area contributed by atoms with Gasteiger partial charge in [-0.2, -0.15) is 0 Å². The Kier molecular flexibility index (Phi) is 5.26. The molecule has 0 aromatic heterocycles. The zero-order chi connectivity index (χ0) is 12.0. The van der Waals surface area contributed by atoms with E-state index >= 15 is 0 Å². The first-order valence-electron chi connectivity index (χ1n) is 6.53. The molecular formula is C13H26N2O. The van der Waals surface area contributed by atoms with Crippen molar-refractivity contribution in [2.45, 2.75) is 64.3 Å². The number of carbonyl (C=O) groups excluding carboxylic acids is 1. The minimum absolute atomic E-state index is 0.150. The highest BCUT2D eigenvalue weighted by Crippen LogP contribution is 2.28. The zero-order valence-electron chi connectivity index (χ0n) is 10.7. The number of rotatable bonds is 6. The smallest absolute Gasteiger partial charge is 0.220 e. The Hall–Kier alpha value is -0.570. The standard InChI is InChI=1S/C13H26N2O/c1-13(2,14)10-15-12(16)9-5-8-11-6-3-4-7-11/h11H,3-10,14H2,1-2H3,(H,15,16). The van der Waals surface area contributed by atoms with Crippen LogP contribution in [0.25, 0.3) is 0 Å². The monoisotopic (exact) mass is 226 g/mol. The molecule has 0 saturated heterocycles. The molecule has 0 aromatic rings. The molecule has 1 aliphatic carbocycles. The van der Waals surface area contributed by atoms with Crippen LogP contribution in [-0.2, 0) is 4.79 Å². The summed E-state index contributed by atoms with van der Waals surface area (Å²) >= 11 is 0. The fourth-order valence-electron chi connectivity index (χ4n) is 2.27. The maximum absolute atomic E-state index is 11.5. The maximum atomic E-state index is 11.5. The molecule has 0 bridgehead atoms. The van der Waals surface area contributed by atoms with Gasteiger partial charge in [0.1, 0.15) is 0 Å². The number of hydrogen-bond acceptors (Lipinski definition) is 2. The lowest BCUT2D eigenvalue weighted by atomic mass is 10.0. The Labute approximate surface area is 99.2 Å². The molecule has 0 radical (unpaired) electrons. The minimum atomic E-state index is -0.304. The van der Waals surface area contributed by atoms with E-state index in [1.54, 1.807) is 0 Å². The van der Waals surface area contributed by atoms with Crippen molar-refractivity contribution < 1.29 is 4.79 Å². The van der Waals surface area contributed by atoms with E-state index in [-0.39, 0.29) is 11.4 Å². The molecular weight excluding hydrogens is 200 g/mol. The van der Waals surface area contributed by atoms with Crippen molar-refractivity contribution >= 4 is 5.91 Å². The predicted octanol–water partition coefficient (Wildman–Crippen LogP) is 2.20. The van der Waals surface area contributed by atoms with Gasteiger partial charge in [0.25, 0.3) is 0 Å². The summed E-state index contributed by atoms with van der Waals surface area (Å²) in [7, 11) is 0. The van der Waals surface area contributed by atoms with Crippen molar-refractivity contribution in [2.24, 2.45) is 11.7 Å². The van der Waals surface area contributed by atoms with E-state index in [1.165, 1.54) is 32.1 Å². The van der Waals surface area contributed by atoms with Crippen LogP contribution in [0.3, 0.4) is 0 Å². The van der Waals surface area contributed by atoms with Crippen molar-refractivity contribution in [3.8, 4) is 0 Å². The van der Waals surface area contributed by atoms with Gasteiger partial charge >= 0.3 is 0 Å². The molecule has 3 nitrogen and oxygen atoms in total. The second-order valence-electron chi connectivity index (χ2n) is 5.81. The largest absolute Gasteiger partial charge is 0.354 e. The number of carbonyl (C=O) groups is 1. The summed E-state index contributed by atoms with van der Waals surface area (Å²) in [6, 6.07) is 0. The Morgan fingerprint density at radius 2 is 2.00 bits per heavy atom. The third-order valence-corrected chi connectivity index (χ3v) is 3.23. The lowest BCUT2D eigenvalue weighted by Gasteiger charge is -2.19. The van der Waals surface area contributed by atoms with Crippen LogP contribution >= 0.6 is 0 Å². The molecule has 1 fully saturated rings. The van der Waals surface area contributed by atoms with E-state index in [9.17, 15) is 4.79 Å². The average Bonchev–Trinajstić information content (AvgIpc) is 2.66. The highest BCUT2D eigenvalue weighted by atomic mass is 16.1. The third-order valence-electron chi connectivity index (χ3n) is 3.23. The highest BCUT2D eigenvalue weighted by molar-refractivity contribution is 5.75. The molecule has 0 atom stereocenters. The molecule has 3 N–H and O–H groups in total. The van der Waals surface area contributed by atoms with Gasteiger partial charge in [-0.15, -0.1) is 0 Å². The van der Waals surface area contributed by atoms with Crippen LogP contribution in [0, 0.1) is 5.92 Å². The topological polar surface area (TPSA) is 55.1 Å². The van der Waals surface area contributed by atoms with Crippen molar-refractivity contribution in [3.63, 3.8) is 0 Å². The number of hydrogen-bond donors (Lipinski definition) is 2. The fraction of sp³-hybridized carbons (Fsp3) is 0.923. The molecule has 0 heterocycles. The SMILES string of the molecule is CC(C)(N)CNC(=O)CCCC1CCCC1. The Morgan fingerprint density at radius 1 is 1.38 bits per heavy atom. The van der Waals surface area contributed by atoms with Gasteiger partial charge in [0.2, 0.25) is 5.91 Å². The average molecular weight is 226 g/mol. The van der Waals surface area contributed by atoms with Crippen molar-refractivity contribution in [1.82, 2.24) is 5.32 Å². The summed E-state index contributed by atoms with van der Waals surface area (Å²) in [5, 5.41) is 2.88. The van der Waals surface area contributed by atoms with Gasteiger partial charge in [0.15, 0.2) is 0 Å². The minimum Gasteiger partial charge on any atom is -0.354 e. The van der Waals surface area contributed by atoms with Crippen LogP contribution in [0.15, 0.2) is 0 Å². The molecule has 0 aliphatic heterocycles. The van der Waals surface area contributed by atoms with Gasteiger partial charge in [-0.1, -0.05) is 25.7 Å². The highest BCUT2D eigenvalue weighted by Gasteiger charge is 2.15. The molecule has 16 heavy (non-hydrogen) atoms. The summed E-state index contributed by atoms with van der Waals surface area (Å²) in [5.74, 6) is 1.04. The Bertz CT molecular complexity index is 214. The molecule has 3 heteroatoms. The summed E-state index contributed by atoms with van der Waals surface area (Å²) in [6.45, 7) is 4.41. The summed E-state index contributed by atoms with van der Waals surface area (Å²) in [5.41, 5.74) is 5.49. The molecule has 1 saturated carbocycles. The maximum Gasteiger partial charge on any atom is 0.220 e. The number of nitrogens with two attached hydrogens (primary N) is 1. The normalized spacial score (nSPS) is 17.7.